The zero-order valence-electron chi connectivity index (χ0n) is 15.2. The molecule has 5 heteroatoms. The first kappa shape index (κ1) is 18.0. The SMILES string of the molecule is Cc1cc(C(=O)OCC(C)C)ccc1B1OC(C)(C)C(C)(C)O1. The Hall–Kier alpha value is -1.33. The van der Waals surface area contributed by atoms with E-state index in [0.29, 0.717) is 18.1 Å². The van der Waals surface area contributed by atoms with Gasteiger partial charge in [-0.25, -0.2) is 4.79 Å². The maximum absolute atomic E-state index is 12.1. The number of hydrogen-bond acceptors (Lipinski definition) is 4. The van der Waals surface area contributed by atoms with Crippen molar-refractivity contribution in [2.45, 2.75) is 59.7 Å². The molecule has 1 aliphatic heterocycles. The summed E-state index contributed by atoms with van der Waals surface area (Å²) in [5.74, 6) is 0.0336. The highest BCUT2D eigenvalue weighted by Gasteiger charge is 2.52. The number of carbonyl (C=O) groups excluding carboxylic acids is 1. The average Bonchev–Trinajstić information content (AvgIpc) is 2.64. The van der Waals surface area contributed by atoms with Gasteiger partial charge < -0.3 is 14.0 Å². The van der Waals surface area contributed by atoms with Gasteiger partial charge in [-0.05, 0) is 58.1 Å². The van der Waals surface area contributed by atoms with Crippen molar-refractivity contribution in [2.24, 2.45) is 5.92 Å². The first-order valence-corrected chi connectivity index (χ1v) is 8.17. The van der Waals surface area contributed by atoms with Crippen LogP contribution >= 0.6 is 0 Å². The fraction of sp³-hybridized carbons (Fsp3) is 0.611. The average molecular weight is 318 g/mol. The highest BCUT2D eigenvalue weighted by Crippen LogP contribution is 2.36. The van der Waals surface area contributed by atoms with E-state index in [9.17, 15) is 4.79 Å². The van der Waals surface area contributed by atoms with Gasteiger partial charge in [-0.2, -0.15) is 0 Å². The second-order valence-electron chi connectivity index (χ2n) is 7.65. The van der Waals surface area contributed by atoms with Crippen molar-refractivity contribution in [2.75, 3.05) is 6.61 Å². The Morgan fingerprint density at radius 2 is 1.74 bits per heavy atom. The molecule has 1 saturated heterocycles. The van der Waals surface area contributed by atoms with Crippen LogP contribution in [0.5, 0.6) is 0 Å². The summed E-state index contributed by atoms with van der Waals surface area (Å²) in [4.78, 5) is 12.1. The minimum Gasteiger partial charge on any atom is -0.462 e. The molecule has 0 N–H and O–H groups in total. The molecule has 0 radical (unpaired) electrons. The van der Waals surface area contributed by atoms with Gasteiger partial charge in [0.05, 0.1) is 23.4 Å². The molecule has 0 aromatic heterocycles. The lowest BCUT2D eigenvalue weighted by molar-refractivity contribution is 0.00578. The van der Waals surface area contributed by atoms with Crippen LogP contribution in [0.1, 0.15) is 57.5 Å². The second kappa shape index (κ2) is 6.29. The van der Waals surface area contributed by atoms with Crippen LogP contribution in [0.4, 0.5) is 0 Å². The minimum atomic E-state index is -0.416. The first-order valence-electron chi connectivity index (χ1n) is 8.17. The van der Waals surface area contributed by atoms with Crippen molar-refractivity contribution in [1.29, 1.82) is 0 Å². The van der Waals surface area contributed by atoms with Crippen LogP contribution in [0.3, 0.4) is 0 Å². The van der Waals surface area contributed by atoms with Crippen molar-refractivity contribution >= 4 is 18.6 Å². The zero-order valence-corrected chi connectivity index (χ0v) is 15.2. The predicted octanol–water partition coefficient (Wildman–Crippen LogP) is 3.11. The maximum Gasteiger partial charge on any atom is 0.495 e. The van der Waals surface area contributed by atoms with E-state index in [4.69, 9.17) is 14.0 Å². The Balaban J connectivity index is 2.16. The molecule has 0 spiro atoms. The zero-order chi connectivity index (χ0) is 17.4. The molecule has 0 bridgehead atoms. The van der Waals surface area contributed by atoms with Gasteiger partial charge in [0, 0.05) is 0 Å². The van der Waals surface area contributed by atoms with Gasteiger partial charge in [-0.3, -0.25) is 0 Å². The van der Waals surface area contributed by atoms with Crippen molar-refractivity contribution < 1.29 is 18.8 Å². The normalized spacial score (nSPS) is 19.2. The van der Waals surface area contributed by atoms with Crippen LogP contribution in [-0.2, 0) is 14.0 Å². The Morgan fingerprint density at radius 3 is 2.22 bits per heavy atom. The largest absolute Gasteiger partial charge is 0.495 e. The highest BCUT2D eigenvalue weighted by atomic mass is 16.7. The highest BCUT2D eigenvalue weighted by molar-refractivity contribution is 6.62. The van der Waals surface area contributed by atoms with Gasteiger partial charge >= 0.3 is 13.1 Å². The van der Waals surface area contributed by atoms with E-state index in [-0.39, 0.29) is 17.2 Å². The Labute approximate surface area is 139 Å². The minimum absolute atomic E-state index is 0.290. The monoisotopic (exact) mass is 318 g/mol. The van der Waals surface area contributed by atoms with Gasteiger partial charge in [0.25, 0.3) is 0 Å². The van der Waals surface area contributed by atoms with Crippen molar-refractivity contribution in [3.63, 3.8) is 0 Å². The summed E-state index contributed by atoms with van der Waals surface area (Å²) in [5.41, 5.74) is 1.72. The number of carbonyl (C=O) groups is 1. The van der Waals surface area contributed by atoms with Crippen LogP contribution in [0, 0.1) is 12.8 Å². The molecule has 126 valence electrons. The van der Waals surface area contributed by atoms with E-state index in [1.807, 2.05) is 60.6 Å². The number of benzene rings is 1. The molecule has 0 amide bonds. The summed E-state index contributed by atoms with van der Waals surface area (Å²) in [6.45, 7) is 14.5. The standard InChI is InChI=1S/C18H27BO4/c1-12(2)11-21-16(20)14-8-9-15(13(3)10-14)19-22-17(4,5)18(6,7)23-19/h8-10,12H,11H2,1-7H3. The van der Waals surface area contributed by atoms with E-state index >= 15 is 0 Å². The fourth-order valence-electron chi connectivity index (χ4n) is 2.36. The number of ether oxygens (including phenoxy) is 1. The molecular formula is C18H27BO4. The first-order chi connectivity index (χ1) is 10.5. The number of aryl methyl sites for hydroxylation is 1. The Bertz CT molecular complexity index is 577. The van der Waals surface area contributed by atoms with Crippen LogP contribution in [0.15, 0.2) is 18.2 Å². The van der Waals surface area contributed by atoms with E-state index in [0.717, 1.165) is 11.0 Å². The lowest BCUT2D eigenvalue weighted by atomic mass is 9.76. The summed E-state index contributed by atoms with van der Waals surface area (Å²) < 4.78 is 17.4. The van der Waals surface area contributed by atoms with Crippen LogP contribution in [-0.4, -0.2) is 30.9 Å². The molecule has 1 aromatic carbocycles. The summed E-state index contributed by atoms with van der Waals surface area (Å²) in [6, 6.07) is 5.50. The maximum atomic E-state index is 12.1. The van der Waals surface area contributed by atoms with Gasteiger partial charge in [-0.15, -0.1) is 0 Å². The third-order valence-electron chi connectivity index (χ3n) is 4.56. The topological polar surface area (TPSA) is 44.8 Å². The predicted molar refractivity (Wildman–Crippen MR) is 92.0 cm³/mol. The quantitative estimate of drug-likeness (QED) is 0.632. The van der Waals surface area contributed by atoms with Gasteiger partial charge in [-0.1, -0.05) is 25.5 Å². The summed E-state index contributed by atoms with van der Waals surface area (Å²) in [7, 11) is -0.416. The van der Waals surface area contributed by atoms with E-state index < -0.39 is 7.12 Å². The van der Waals surface area contributed by atoms with Crippen LogP contribution in [0.25, 0.3) is 0 Å². The van der Waals surface area contributed by atoms with Crippen molar-refractivity contribution in [1.82, 2.24) is 0 Å². The lowest BCUT2D eigenvalue weighted by Crippen LogP contribution is -2.41. The Kier molecular flexibility index (Phi) is 4.93. The van der Waals surface area contributed by atoms with E-state index in [1.165, 1.54) is 0 Å². The molecule has 0 atom stereocenters. The van der Waals surface area contributed by atoms with Crippen molar-refractivity contribution in [3.05, 3.63) is 29.3 Å². The second-order valence-corrected chi connectivity index (χ2v) is 7.65. The smallest absolute Gasteiger partial charge is 0.462 e. The van der Waals surface area contributed by atoms with Gasteiger partial charge in [0.15, 0.2) is 0 Å². The fourth-order valence-corrected chi connectivity index (χ4v) is 2.36. The molecule has 1 aromatic rings. The summed E-state index contributed by atoms with van der Waals surface area (Å²) >= 11 is 0. The third kappa shape index (κ3) is 3.78. The molecule has 0 unspecified atom stereocenters. The number of esters is 1. The van der Waals surface area contributed by atoms with Crippen LogP contribution < -0.4 is 5.46 Å². The summed E-state index contributed by atoms with van der Waals surface area (Å²) in [5, 5.41) is 0. The molecule has 1 heterocycles. The molecule has 0 saturated carbocycles. The number of hydrogen-bond donors (Lipinski definition) is 0. The molecule has 1 aliphatic rings. The third-order valence-corrected chi connectivity index (χ3v) is 4.56. The van der Waals surface area contributed by atoms with E-state index in [2.05, 4.69) is 0 Å². The van der Waals surface area contributed by atoms with Gasteiger partial charge in [0.2, 0.25) is 0 Å². The molecule has 23 heavy (non-hydrogen) atoms. The van der Waals surface area contributed by atoms with Gasteiger partial charge in [0.1, 0.15) is 0 Å². The number of rotatable bonds is 4. The Morgan fingerprint density at radius 1 is 1.17 bits per heavy atom. The molecule has 2 rings (SSSR count). The molecule has 0 aliphatic carbocycles. The van der Waals surface area contributed by atoms with E-state index in [1.54, 1.807) is 6.07 Å². The van der Waals surface area contributed by atoms with Crippen LogP contribution in [0.2, 0.25) is 0 Å². The lowest BCUT2D eigenvalue weighted by Gasteiger charge is -2.32. The molecular weight excluding hydrogens is 291 g/mol. The summed E-state index contributed by atoms with van der Waals surface area (Å²) in [6.07, 6.45) is 0. The molecule has 4 nitrogen and oxygen atoms in total. The molecule has 1 fully saturated rings. The van der Waals surface area contributed by atoms with Crippen molar-refractivity contribution in [3.8, 4) is 0 Å².